The molecule has 0 atom stereocenters. The molecular weight excluding hydrogens is 392 g/mol. The number of hydrogen-bond acceptors (Lipinski definition) is 5. The highest BCUT2D eigenvalue weighted by atomic mass is 16.5. The number of carbonyl (C=O) groups excluding carboxylic acids is 1. The molecule has 158 valence electrons. The van der Waals surface area contributed by atoms with Crippen molar-refractivity contribution in [3.63, 3.8) is 0 Å². The van der Waals surface area contributed by atoms with Crippen molar-refractivity contribution in [1.29, 1.82) is 5.26 Å². The van der Waals surface area contributed by atoms with E-state index in [1.165, 1.54) is 10.5 Å². The number of rotatable bonds is 6. The first-order chi connectivity index (χ1) is 14.8. The van der Waals surface area contributed by atoms with Crippen molar-refractivity contribution >= 4 is 17.6 Å². The molecule has 0 bridgehead atoms. The summed E-state index contributed by atoms with van der Waals surface area (Å²) in [5, 5.41) is 12.0. The number of nitrogens with zero attached hydrogens (tertiary/aromatic N) is 3. The Labute approximate surface area is 180 Å². The molecule has 1 aromatic carbocycles. The van der Waals surface area contributed by atoms with Gasteiger partial charge in [-0.1, -0.05) is 32.0 Å². The maximum Gasteiger partial charge on any atom is 0.269 e. The smallest absolute Gasteiger partial charge is 0.269 e. The van der Waals surface area contributed by atoms with Crippen molar-refractivity contribution in [1.82, 2.24) is 14.7 Å². The average Bonchev–Trinajstić information content (AvgIpc) is 2.73. The van der Waals surface area contributed by atoms with Gasteiger partial charge in [0.05, 0.1) is 0 Å². The van der Waals surface area contributed by atoms with E-state index >= 15 is 0 Å². The van der Waals surface area contributed by atoms with E-state index in [9.17, 15) is 14.9 Å². The zero-order valence-electron chi connectivity index (χ0n) is 18.0. The van der Waals surface area contributed by atoms with E-state index in [2.05, 4.69) is 10.3 Å². The second kappa shape index (κ2) is 9.26. The third kappa shape index (κ3) is 4.64. The number of carbonyl (C=O) groups is 1. The Bertz CT molecular complexity index is 1270. The van der Waals surface area contributed by atoms with Crippen molar-refractivity contribution in [2.24, 2.45) is 0 Å². The summed E-state index contributed by atoms with van der Waals surface area (Å²) in [6.45, 7) is 8.15. The molecule has 1 N–H and O–H groups in total. The van der Waals surface area contributed by atoms with Gasteiger partial charge in [-0.2, -0.15) is 10.2 Å². The van der Waals surface area contributed by atoms with Crippen LogP contribution in [0.1, 0.15) is 43.4 Å². The molecular formula is C24H24N4O3. The second-order valence-electron chi connectivity index (χ2n) is 7.39. The first-order valence-corrected chi connectivity index (χ1v) is 10.1. The standard InChI is InChI=1S/C24H24N4O3/c1-5-26-22(29)17(14-25)13-19-23(27-21-8-6-7-11-28(21)24(19)30)31-20-12-16(4)9-10-18(20)15(2)3/h6-13,15H,5H2,1-4H3,(H,26,29). The first kappa shape index (κ1) is 21.8. The maximum absolute atomic E-state index is 13.2. The molecule has 31 heavy (non-hydrogen) atoms. The lowest BCUT2D eigenvalue weighted by Crippen LogP contribution is -2.25. The molecule has 3 aromatic rings. The molecule has 7 nitrogen and oxygen atoms in total. The molecule has 0 spiro atoms. The number of ether oxygens (including phenoxy) is 1. The summed E-state index contributed by atoms with van der Waals surface area (Å²) >= 11 is 0. The highest BCUT2D eigenvalue weighted by Crippen LogP contribution is 2.32. The summed E-state index contributed by atoms with van der Waals surface area (Å²) in [5.74, 6) is 0.238. The number of hydrogen-bond donors (Lipinski definition) is 1. The van der Waals surface area contributed by atoms with Gasteiger partial charge in [-0.05, 0) is 55.2 Å². The van der Waals surface area contributed by atoms with E-state index in [1.807, 2.05) is 45.0 Å². The minimum absolute atomic E-state index is 0.0303. The van der Waals surface area contributed by atoms with Gasteiger partial charge in [-0.25, -0.2) is 0 Å². The number of aromatic nitrogens is 2. The lowest BCUT2D eigenvalue weighted by Gasteiger charge is -2.16. The van der Waals surface area contributed by atoms with Gasteiger partial charge in [0.2, 0.25) is 5.88 Å². The summed E-state index contributed by atoms with van der Waals surface area (Å²) in [4.78, 5) is 30.0. The fourth-order valence-corrected chi connectivity index (χ4v) is 3.14. The highest BCUT2D eigenvalue weighted by molar-refractivity contribution is 6.01. The zero-order chi connectivity index (χ0) is 22.5. The molecule has 2 heterocycles. The number of benzene rings is 1. The molecule has 0 aliphatic heterocycles. The molecule has 0 aliphatic carbocycles. The largest absolute Gasteiger partial charge is 0.438 e. The van der Waals surface area contributed by atoms with E-state index in [0.29, 0.717) is 17.9 Å². The Hall–Kier alpha value is -3.92. The number of fused-ring (bicyclic) bond motifs is 1. The van der Waals surface area contributed by atoms with Gasteiger partial charge in [0.25, 0.3) is 11.5 Å². The Balaban J connectivity index is 2.25. The van der Waals surface area contributed by atoms with E-state index in [1.54, 1.807) is 31.3 Å². The Morgan fingerprint density at radius 1 is 1.32 bits per heavy atom. The van der Waals surface area contributed by atoms with Gasteiger partial charge in [0.15, 0.2) is 0 Å². The summed E-state index contributed by atoms with van der Waals surface area (Å²) in [6.07, 6.45) is 2.82. The highest BCUT2D eigenvalue weighted by Gasteiger charge is 2.18. The number of amides is 1. The third-order valence-electron chi connectivity index (χ3n) is 4.72. The summed E-state index contributed by atoms with van der Waals surface area (Å²) in [5.41, 5.74) is 1.75. The van der Waals surface area contributed by atoms with E-state index in [-0.39, 0.29) is 22.9 Å². The van der Waals surface area contributed by atoms with Gasteiger partial charge in [0, 0.05) is 12.7 Å². The van der Waals surface area contributed by atoms with Crippen LogP contribution < -0.4 is 15.6 Å². The second-order valence-corrected chi connectivity index (χ2v) is 7.39. The first-order valence-electron chi connectivity index (χ1n) is 10.1. The number of nitriles is 1. The predicted molar refractivity (Wildman–Crippen MR) is 119 cm³/mol. The van der Waals surface area contributed by atoms with Crippen molar-refractivity contribution in [3.8, 4) is 17.7 Å². The molecule has 0 aliphatic rings. The quantitative estimate of drug-likeness (QED) is 0.485. The molecule has 0 radical (unpaired) electrons. The molecule has 7 heteroatoms. The average molecular weight is 416 g/mol. The van der Waals surface area contributed by atoms with Crippen LogP contribution in [0.5, 0.6) is 11.6 Å². The van der Waals surface area contributed by atoms with Crippen LogP contribution in [-0.2, 0) is 4.79 Å². The van der Waals surface area contributed by atoms with Gasteiger partial charge < -0.3 is 10.1 Å². The molecule has 3 rings (SSSR count). The lowest BCUT2D eigenvalue weighted by atomic mass is 10.0. The SMILES string of the molecule is CCNC(=O)C(C#N)=Cc1c(Oc2cc(C)ccc2C(C)C)nc2ccccn2c1=O. The zero-order valence-corrected chi connectivity index (χ0v) is 18.0. The number of nitrogens with one attached hydrogen (secondary N) is 1. The molecule has 1 amide bonds. The third-order valence-corrected chi connectivity index (χ3v) is 4.72. The van der Waals surface area contributed by atoms with Crippen molar-refractivity contribution in [2.45, 2.75) is 33.6 Å². The van der Waals surface area contributed by atoms with Crippen LogP contribution in [0.15, 0.2) is 53.0 Å². The molecule has 0 unspecified atom stereocenters. The molecule has 0 saturated heterocycles. The predicted octanol–water partition coefficient (Wildman–Crippen LogP) is 3.96. The van der Waals surface area contributed by atoms with E-state index in [4.69, 9.17) is 4.74 Å². The van der Waals surface area contributed by atoms with Gasteiger partial charge in [-0.3, -0.25) is 14.0 Å². The lowest BCUT2D eigenvalue weighted by molar-refractivity contribution is -0.116. The molecule has 0 saturated carbocycles. The minimum atomic E-state index is -0.563. The van der Waals surface area contributed by atoms with Crippen molar-refractivity contribution in [3.05, 3.63) is 75.2 Å². The Morgan fingerprint density at radius 2 is 2.10 bits per heavy atom. The fraction of sp³-hybridized carbons (Fsp3) is 0.250. The molecule has 2 aromatic heterocycles. The molecule has 0 fully saturated rings. The van der Waals surface area contributed by atoms with E-state index < -0.39 is 11.5 Å². The van der Waals surface area contributed by atoms with Crippen molar-refractivity contribution < 1.29 is 9.53 Å². The van der Waals surface area contributed by atoms with E-state index in [0.717, 1.165) is 11.1 Å². The van der Waals surface area contributed by atoms with Crippen LogP contribution in [-0.4, -0.2) is 21.8 Å². The fourth-order valence-electron chi connectivity index (χ4n) is 3.14. The van der Waals surface area contributed by atoms with Crippen LogP contribution in [0, 0.1) is 18.3 Å². The van der Waals surface area contributed by atoms with Crippen molar-refractivity contribution in [2.75, 3.05) is 6.54 Å². The normalized spacial score (nSPS) is 11.4. The topological polar surface area (TPSA) is 96.5 Å². The van der Waals surface area contributed by atoms with Gasteiger partial charge >= 0.3 is 0 Å². The number of pyridine rings is 1. The van der Waals surface area contributed by atoms with Crippen LogP contribution in [0.25, 0.3) is 11.7 Å². The summed E-state index contributed by atoms with van der Waals surface area (Å²) in [6, 6.07) is 12.9. The number of likely N-dealkylation sites (N-methyl/N-ethyl adjacent to an activating group) is 1. The van der Waals surface area contributed by atoms with Crippen LogP contribution in [0.4, 0.5) is 0 Å². The summed E-state index contributed by atoms with van der Waals surface area (Å²) < 4.78 is 7.50. The van der Waals surface area contributed by atoms with Crippen LogP contribution in [0.3, 0.4) is 0 Å². The summed E-state index contributed by atoms with van der Waals surface area (Å²) in [7, 11) is 0. The number of aryl methyl sites for hydroxylation is 1. The Kier molecular flexibility index (Phi) is 6.51. The monoisotopic (exact) mass is 416 g/mol. The van der Waals surface area contributed by atoms with Gasteiger partial charge in [-0.15, -0.1) is 0 Å². The maximum atomic E-state index is 13.2. The van der Waals surface area contributed by atoms with Crippen LogP contribution >= 0.6 is 0 Å². The van der Waals surface area contributed by atoms with Crippen LogP contribution in [0.2, 0.25) is 0 Å². The van der Waals surface area contributed by atoms with Gasteiger partial charge in [0.1, 0.15) is 28.6 Å². The Morgan fingerprint density at radius 3 is 2.77 bits per heavy atom. The minimum Gasteiger partial charge on any atom is -0.438 e.